The zero-order valence-corrected chi connectivity index (χ0v) is 18.8. The maximum atomic E-state index is 13.2. The van der Waals surface area contributed by atoms with Crippen molar-refractivity contribution in [1.82, 2.24) is 4.90 Å². The second-order valence-electron chi connectivity index (χ2n) is 8.74. The van der Waals surface area contributed by atoms with Gasteiger partial charge in [-0.1, -0.05) is 51.1 Å². The van der Waals surface area contributed by atoms with Gasteiger partial charge in [0.2, 0.25) is 0 Å². The molecule has 0 aliphatic heterocycles. The van der Waals surface area contributed by atoms with Crippen LogP contribution in [0.3, 0.4) is 0 Å². The average molecular weight is 413 g/mol. The number of carbonyl (C=O) groups is 1. The summed E-state index contributed by atoms with van der Waals surface area (Å²) < 4.78 is 11.4. The van der Waals surface area contributed by atoms with Crippen LogP contribution in [0.25, 0.3) is 0 Å². The third-order valence-corrected chi connectivity index (χ3v) is 4.95. The minimum Gasteiger partial charge on any atom is -0.493 e. The van der Waals surface area contributed by atoms with Gasteiger partial charge in [0.05, 0.1) is 7.11 Å². The van der Waals surface area contributed by atoms with E-state index >= 15 is 0 Å². The average Bonchev–Trinajstić information content (AvgIpc) is 2.74. The summed E-state index contributed by atoms with van der Waals surface area (Å²) in [5.74, 6) is 1.21. The highest BCUT2D eigenvalue weighted by atomic mass is 16.5. The summed E-state index contributed by atoms with van der Waals surface area (Å²) in [6.07, 6.45) is 2.76. The molecule has 5 heteroatoms. The van der Waals surface area contributed by atoms with Crippen LogP contribution in [0.4, 0.5) is 0 Å². The SMILES string of the molecule is COc1cc(C(=O)N(CCCCN)CCC(C)(C)C)ccc1OCc1ccccc1. The normalized spacial score (nSPS) is 11.2. The molecule has 0 aromatic heterocycles. The minimum atomic E-state index is 0.0178. The fourth-order valence-corrected chi connectivity index (χ4v) is 3.07. The number of amides is 1. The Bertz CT molecular complexity index is 785. The van der Waals surface area contributed by atoms with E-state index in [-0.39, 0.29) is 11.3 Å². The molecule has 0 aliphatic rings. The first-order chi connectivity index (χ1) is 14.3. The second kappa shape index (κ2) is 11.6. The van der Waals surface area contributed by atoms with Gasteiger partial charge in [0.1, 0.15) is 6.61 Å². The van der Waals surface area contributed by atoms with Crippen molar-refractivity contribution >= 4 is 5.91 Å². The standard InChI is InChI=1S/C25H36N2O3/c1-25(2,3)14-17-27(16-9-8-15-26)24(28)21-12-13-22(23(18-21)29-4)30-19-20-10-6-5-7-11-20/h5-7,10-13,18H,8-9,14-17,19,26H2,1-4H3. The molecule has 0 saturated heterocycles. The first-order valence-corrected chi connectivity index (χ1v) is 10.7. The Morgan fingerprint density at radius 2 is 1.73 bits per heavy atom. The monoisotopic (exact) mass is 412 g/mol. The van der Waals surface area contributed by atoms with Crippen molar-refractivity contribution in [2.24, 2.45) is 11.1 Å². The number of nitrogens with two attached hydrogens (primary N) is 1. The number of ether oxygens (including phenoxy) is 2. The number of rotatable bonds is 11. The topological polar surface area (TPSA) is 64.8 Å². The van der Waals surface area contributed by atoms with Crippen LogP contribution in [-0.2, 0) is 6.61 Å². The Labute approximate surface area is 181 Å². The van der Waals surface area contributed by atoms with Crippen molar-refractivity contribution in [2.75, 3.05) is 26.7 Å². The predicted octanol–water partition coefficient (Wildman–Crippen LogP) is 4.89. The van der Waals surface area contributed by atoms with Crippen LogP contribution in [-0.4, -0.2) is 37.6 Å². The van der Waals surface area contributed by atoms with Crippen molar-refractivity contribution < 1.29 is 14.3 Å². The van der Waals surface area contributed by atoms with E-state index in [0.29, 0.717) is 36.8 Å². The van der Waals surface area contributed by atoms with E-state index in [1.54, 1.807) is 13.2 Å². The van der Waals surface area contributed by atoms with Crippen LogP contribution in [0.1, 0.15) is 56.0 Å². The number of unbranched alkanes of at least 4 members (excludes halogenated alkanes) is 1. The maximum absolute atomic E-state index is 13.2. The molecule has 0 heterocycles. The molecule has 0 spiro atoms. The fourth-order valence-electron chi connectivity index (χ4n) is 3.07. The van der Waals surface area contributed by atoms with E-state index in [9.17, 15) is 4.79 Å². The van der Waals surface area contributed by atoms with Crippen LogP contribution in [0.15, 0.2) is 48.5 Å². The van der Waals surface area contributed by atoms with Gasteiger partial charge >= 0.3 is 0 Å². The molecule has 5 nitrogen and oxygen atoms in total. The summed E-state index contributed by atoms with van der Waals surface area (Å²) >= 11 is 0. The highest BCUT2D eigenvalue weighted by Crippen LogP contribution is 2.30. The third kappa shape index (κ3) is 7.71. The van der Waals surface area contributed by atoms with Gasteiger partial charge in [-0.15, -0.1) is 0 Å². The molecule has 2 rings (SSSR count). The minimum absolute atomic E-state index is 0.0178. The quantitative estimate of drug-likeness (QED) is 0.534. The Kier molecular flexibility index (Phi) is 9.18. The first kappa shape index (κ1) is 23.7. The lowest BCUT2D eigenvalue weighted by Crippen LogP contribution is -2.34. The molecule has 164 valence electrons. The maximum Gasteiger partial charge on any atom is 0.253 e. The molecular weight excluding hydrogens is 376 g/mol. The van der Waals surface area contributed by atoms with Gasteiger partial charge in [-0.05, 0) is 55.0 Å². The molecule has 0 aliphatic carbocycles. The van der Waals surface area contributed by atoms with Gasteiger partial charge in [0.15, 0.2) is 11.5 Å². The molecule has 2 aromatic rings. The number of hydrogen-bond acceptors (Lipinski definition) is 4. The molecule has 0 unspecified atom stereocenters. The Morgan fingerprint density at radius 1 is 1.00 bits per heavy atom. The lowest BCUT2D eigenvalue weighted by molar-refractivity contribution is 0.0734. The number of methoxy groups -OCH3 is 1. The van der Waals surface area contributed by atoms with Gasteiger partial charge in [0, 0.05) is 18.7 Å². The van der Waals surface area contributed by atoms with E-state index in [1.165, 1.54) is 0 Å². The van der Waals surface area contributed by atoms with Crippen LogP contribution >= 0.6 is 0 Å². The Morgan fingerprint density at radius 3 is 2.37 bits per heavy atom. The third-order valence-electron chi connectivity index (χ3n) is 4.95. The van der Waals surface area contributed by atoms with Crippen molar-refractivity contribution in [3.05, 3.63) is 59.7 Å². The van der Waals surface area contributed by atoms with Crippen LogP contribution in [0.2, 0.25) is 0 Å². The summed E-state index contributed by atoms with van der Waals surface area (Å²) in [6.45, 7) is 9.10. The molecule has 2 aromatic carbocycles. The van der Waals surface area contributed by atoms with Gasteiger partial charge in [0.25, 0.3) is 5.91 Å². The molecule has 1 amide bonds. The highest BCUT2D eigenvalue weighted by molar-refractivity contribution is 5.95. The highest BCUT2D eigenvalue weighted by Gasteiger charge is 2.20. The number of hydrogen-bond donors (Lipinski definition) is 1. The van der Waals surface area contributed by atoms with E-state index in [0.717, 1.165) is 31.4 Å². The number of benzene rings is 2. The van der Waals surface area contributed by atoms with Gasteiger partial charge < -0.3 is 20.1 Å². The summed E-state index contributed by atoms with van der Waals surface area (Å²) in [5, 5.41) is 0. The molecule has 0 saturated carbocycles. The van der Waals surface area contributed by atoms with E-state index in [1.807, 2.05) is 47.4 Å². The smallest absolute Gasteiger partial charge is 0.253 e. The Hall–Kier alpha value is -2.53. The molecule has 30 heavy (non-hydrogen) atoms. The second-order valence-corrected chi connectivity index (χ2v) is 8.74. The summed E-state index contributed by atoms with van der Waals surface area (Å²) in [4.78, 5) is 15.1. The first-order valence-electron chi connectivity index (χ1n) is 10.7. The largest absolute Gasteiger partial charge is 0.493 e. The van der Waals surface area contributed by atoms with Gasteiger partial charge in [-0.2, -0.15) is 0 Å². The molecular formula is C25H36N2O3. The predicted molar refractivity (Wildman–Crippen MR) is 122 cm³/mol. The molecule has 0 fully saturated rings. The van der Waals surface area contributed by atoms with Gasteiger partial charge in [-0.25, -0.2) is 0 Å². The van der Waals surface area contributed by atoms with E-state index in [2.05, 4.69) is 20.8 Å². The number of nitrogens with zero attached hydrogens (tertiary/aromatic N) is 1. The zero-order valence-electron chi connectivity index (χ0n) is 18.8. The van der Waals surface area contributed by atoms with E-state index < -0.39 is 0 Å². The van der Waals surface area contributed by atoms with Crippen LogP contribution < -0.4 is 15.2 Å². The molecule has 0 radical (unpaired) electrons. The van der Waals surface area contributed by atoms with E-state index in [4.69, 9.17) is 15.2 Å². The molecule has 0 atom stereocenters. The summed E-state index contributed by atoms with van der Waals surface area (Å²) in [7, 11) is 1.59. The summed E-state index contributed by atoms with van der Waals surface area (Å²) in [5.41, 5.74) is 7.49. The van der Waals surface area contributed by atoms with Crippen molar-refractivity contribution in [1.29, 1.82) is 0 Å². The van der Waals surface area contributed by atoms with Gasteiger partial charge in [-0.3, -0.25) is 4.79 Å². The lowest BCUT2D eigenvalue weighted by atomic mass is 9.92. The number of carbonyl (C=O) groups excluding carboxylic acids is 1. The van der Waals surface area contributed by atoms with Crippen molar-refractivity contribution in [3.63, 3.8) is 0 Å². The fraction of sp³-hybridized carbons (Fsp3) is 0.480. The lowest BCUT2D eigenvalue weighted by Gasteiger charge is -2.27. The molecule has 0 bridgehead atoms. The van der Waals surface area contributed by atoms with Crippen molar-refractivity contribution in [2.45, 2.75) is 46.6 Å². The summed E-state index contributed by atoms with van der Waals surface area (Å²) in [6, 6.07) is 15.4. The Balaban J connectivity index is 2.12. The van der Waals surface area contributed by atoms with Crippen LogP contribution in [0, 0.1) is 5.41 Å². The molecule has 2 N–H and O–H groups in total. The van der Waals surface area contributed by atoms with Crippen LogP contribution in [0.5, 0.6) is 11.5 Å². The zero-order chi connectivity index (χ0) is 22.0. The van der Waals surface area contributed by atoms with Crippen molar-refractivity contribution in [3.8, 4) is 11.5 Å².